The highest BCUT2D eigenvalue weighted by atomic mass is 35.5. The summed E-state index contributed by atoms with van der Waals surface area (Å²) in [7, 11) is -0.188. The monoisotopic (exact) mass is 340 g/mol. The van der Waals surface area contributed by atoms with Crippen molar-refractivity contribution in [1.82, 2.24) is 14.3 Å². The summed E-state index contributed by atoms with van der Waals surface area (Å²) >= 11 is 5.96. The van der Waals surface area contributed by atoms with Crippen molar-refractivity contribution in [3.8, 4) is 0 Å². The van der Waals surface area contributed by atoms with Gasteiger partial charge in [-0.15, -0.1) is 0 Å². The van der Waals surface area contributed by atoms with E-state index in [-0.39, 0.29) is 5.75 Å². The van der Waals surface area contributed by atoms with E-state index in [2.05, 4.69) is 15.3 Å². The van der Waals surface area contributed by atoms with Crippen LogP contribution in [0.25, 0.3) is 0 Å². The molecule has 118 valence electrons. The number of hydrogen-bond acceptors (Lipinski definition) is 5. The number of halogens is 1. The quantitative estimate of drug-likeness (QED) is 0.872. The summed E-state index contributed by atoms with van der Waals surface area (Å²) in [4.78, 5) is 7.86. The van der Waals surface area contributed by atoms with Gasteiger partial charge in [-0.3, -0.25) is 0 Å². The number of sulfonamides is 1. The molecule has 1 N–H and O–H groups in total. The van der Waals surface area contributed by atoms with Crippen LogP contribution in [0.3, 0.4) is 0 Å². The minimum atomic E-state index is -3.24. The first-order valence-corrected chi connectivity index (χ1v) is 8.54. The lowest BCUT2D eigenvalue weighted by Crippen LogP contribution is -2.23. The smallest absolute Gasteiger partial charge is 0.217 e. The summed E-state index contributed by atoms with van der Waals surface area (Å²) in [6.45, 7) is 0.539. The van der Waals surface area contributed by atoms with Crippen molar-refractivity contribution in [2.24, 2.45) is 0 Å². The van der Waals surface area contributed by atoms with Crippen LogP contribution >= 0.6 is 11.6 Å². The minimum absolute atomic E-state index is 0.00849. The fourth-order valence-corrected chi connectivity index (χ4v) is 2.77. The molecule has 0 atom stereocenters. The number of nitrogens with zero attached hydrogens (tertiary/aromatic N) is 3. The second-order valence-corrected chi connectivity index (χ2v) is 7.52. The molecule has 6 nitrogen and oxygen atoms in total. The first-order chi connectivity index (χ1) is 10.4. The molecule has 8 heteroatoms. The van der Waals surface area contributed by atoms with Gasteiger partial charge in [0.1, 0.15) is 17.2 Å². The molecule has 0 bridgehead atoms. The molecule has 0 amide bonds. The lowest BCUT2D eigenvalue weighted by molar-refractivity contribution is 0.519. The van der Waals surface area contributed by atoms with E-state index in [9.17, 15) is 8.42 Å². The highest BCUT2D eigenvalue weighted by Crippen LogP contribution is 2.17. The Hall–Kier alpha value is -1.70. The molecule has 1 aromatic heterocycles. The largest absolute Gasteiger partial charge is 0.365 e. The van der Waals surface area contributed by atoms with Crippen molar-refractivity contribution in [2.75, 3.05) is 19.4 Å². The van der Waals surface area contributed by atoms with Crippen molar-refractivity contribution in [1.29, 1.82) is 0 Å². The Bertz CT molecular complexity index is 733. The van der Waals surface area contributed by atoms with Crippen molar-refractivity contribution in [2.45, 2.75) is 12.3 Å². The van der Waals surface area contributed by atoms with E-state index in [1.165, 1.54) is 30.9 Å². The van der Waals surface area contributed by atoms with Gasteiger partial charge in [0.25, 0.3) is 0 Å². The maximum atomic E-state index is 11.8. The zero-order chi connectivity index (χ0) is 16.2. The number of anilines is 1. The third kappa shape index (κ3) is 4.40. The average Bonchev–Trinajstić information content (AvgIpc) is 2.47. The molecule has 0 aliphatic rings. The molecular weight excluding hydrogens is 324 g/mol. The highest BCUT2D eigenvalue weighted by molar-refractivity contribution is 7.88. The minimum Gasteiger partial charge on any atom is -0.365 e. The van der Waals surface area contributed by atoms with Crippen molar-refractivity contribution in [3.63, 3.8) is 0 Å². The SMILES string of the molecule is CN(C)S(=O)(=O)Cc1ccc(CNc2ncncc2Cl)cc1. The summed E-state index contributed by atoms with van der Waals surface area (Å²) in [6.07, 6.45) is 2.94. The molecule has 1 aromatic carbocycles. The van der Waals surface area contributed by atoms with Crippen LogP contribution in [0.2, 0.25) is 5.02 Å². The highest BCUT2D eigenvalue weighted by Gasteiger charge is 2.14. The molecule has 0 spiro atoms. The predicted octanol–water partition coefficient (Wildman–Crippen LogP) is 2.13. The van der Waals surface area contributed by atoms with Gasteiger partial charge in [-0.05, 0) is 11.1 Å². The molecular formula is C14H17ClN4O2S. The van der Waals surface area contributed by atoms with Gasteiger partial charge in [-0.25, -0.2) is 22.7 Å². The molecule has 0 aliphatic heterocycles. The number of nitrogens with one attached hydrogen (secondary N) is 1. The summed E-state index contributed by atoms with van der Waals surface area (Å²) < 4.78 is 24.9. The summed E-state index contributed by atoms with van der Waals surface area (Å²) in [5.74, 6) is 0.557. The van der Waals surface area contributed by atoms with Crippen LogP contribution in [0.1, 0.15) is 11.1 Å². The zero-order valence-electron chi connectivity index (χ0n) is 12.3. The van der Waals surface area contributed by atoms with Gasteiger partial charge < -0.3 is 5.32 Å². The van der Waals surface area contributed by atoms with Gasteiger partial charge in [-0.1, -0.05) is 35.9 Å². The normalized spacial score (nSPS) is 11.6. The van der Waals surface area contributed by atoms with Crippen molar-refractivity contribution in [3.05, 3.63) is 52.9 Å². The van der Waals surface area contributed by atoms with Crippen LogP contribution in [0.15, 0.2) is 36.8 Å². The molecule has 2 rings (SSSR count). The number of hydrogen-bond donors (Lipinski definition) is 1. The molecule has 0 radical (unpaired) electrons. The second kappa shape index (κ2) is 7.04. The molecule has 2 aromatic rings. The first kappa shape index (κ1) is 16.7. The number of rotatable bonds is 6. The molecule has 0 aliphatic carbocycles. The third-order valence-electron chi connectivity index (χ3n) is 3.06. The van der Waals surface area contributed by atoms with Crippen LogP contribution in [-0.2, 0) is 22.3 Å². The van der Waals surface area contributed by atoms with Crippen LogP contribution in [-0.4, -0.2) is 36.8 Å². The van der Waals surface area contributed by atoms with Crippen LogP contribution in [0, 0.1) is 0 Å². The molecule has 0 saturated heterocycles. The Kier molecular flexibility index (Phi) is 5.33. The maximum absolute atomic E-state index is 11.8. The van der Waals surface area contributed by atoms with E-state index in [4.69, 9.17) is 11.6 Å². The first-order valence-electron chi connectivity index (χ1n) is 6.56. The number of benzene rings is 1. The van der Waals surface area contributed by atoms with E-state index in [0.29, 0.717) is 17.4 Å². The Morgan fingerprint density at radius 1 is 1.18 bits per heavy atom. The zero-order valence-corrected chi connectivity index (χ0v) is 13.9. The molecule has 22 heavy (non-hydrogen) atoms. The molecule has 0 fully saturated rings. The van der Waals surface area contributed by atoms with Gasteiger partial charge in [0.05, 0.1) is 11.9 Å². The van der Waals surface area contributed by atoms with E-state index in [1.54, 1.807) is 12.1 Å². The second-order valence-electron chi connectivity index (χ2n) is 4.93. The van der Waals surface area contributed by atoms with Crippen LogP contribution < -0.4 is 5.32 Å². The van der Waals surface area contributed by atoms with E-state index in [1.807, 2.05) is 12.1 Å². The Morgan fingerprint density at radius 2 is 1.82 bits per heavy atom. The predicted molar refractivity (Wildman–Crippen MR) is 87.1 cm³/mol. The standard InChI is InChI=1S/C14H17ClN4O2S/c1-19(2)22(20,21)9-12-5-3-11(4-6-12)7-17-14-13(15)8-16-10-18-14/h3-6,8,10H,7,9H2,1-2H3,(H,16,17,18). The maximum Gasteiger partial charge on any atom is 0.217 e. The van der Waals surface area contributed by atoms with Gasteiger partial charge >= 0.3 is 0 Å². The number of aromatic nitrogens is 2. The van der Waals surface area contributed by atoms with Crippen molar-refractivity contribution >= 4 is 27.4 Å². The fourth-order valence-electron chi connectivity index (χ4n) is 1.72. The van der Waals surface area contributed by atoms with Crippen molar-refractivity contribution < 1.29 is 8.42 Å². The summed E-state index contributed by atoms with van der Waals surface area (Å²) in [5.41, 5.74) is 1.75. The summed E-state index contributed by atoms with van der Waals surface area (Å²) in [6, 6.07) is 7.37. The van der Waals surface area contributed by atoms with Gasteiger partial charge in [-0.2, -0.15) is 0 Å². The average molecular weight is 341 g/mol. The Labute approximate surface area is 135 Å². The Morgan fingerprint density at radius 3 is 2.41 bits per heavy atom. The molecule has 0 unspecified atom stereocenters. The Balaban J connectivity index is 1.99. The molecule has 0 saturated carbocycles. The van der Waals surface area contributed by atoms with Crippen LogP contribution in [0.4, 0.5) is 5.82 Å². The van der Waals surface area contributed by atoms with Gasteiger partial charge in [0.15, 0.2) is 0 Å². The van der Waals surface area contributed by atoms with Gasteiger partial charge in [0, 0.05) is 20.6 Å². The van der Waals surface area contributed by atoms with Crippen LogP contribution in [0.5, 0.6) is 0 Å². The third-order valence-corrected chi connectivity index (χ3v) is 5.14. The van der Waals surface area contributed by atoms with Gasteiger partial charge in [0.2, 0.25) is 10.0 Å². The molecule has 1 heterocycles. The van der Waals surface area contributed by atoms with E-state index >= 15 is 0 Å². The lowest BCUT2D eigenvalue weighted by Gasteiger charge is -2.11. The summed E-state index contributed by atoms with van der Waals surface area (Å²) in [5, 5.41) is 3.56. The van der Waals surface area contributed by atoms with E-state index < -0.39 is 10.0 Å². The lowest BCUT2D eigenvalue weighted by atomic mass is 10.1. The topological polar surface area (TPSA) is 75.2 Å². The fraction of sp³-hybridized carbons (Fsp3) is 0.286. The van der Waals surface area contributed by atoms with E-state index in [0.717, 1.165) is 11.1 Å².